The van der Waals surface area contributed by atoms with Gasteiger partial charge in [-0.2, -0.15) is 0 Å². The lowest BCUT2D eigenvalue weighted by Crippen LogP contribution is -2.32. The zero-order valence-corrected chi connectivity index (χ0v) is 14.0. The Kier molecular flexibility index (Phi) is 4.11. The number of nitrogens with one attached hydrogen (secondary N) is 2. The zero-order valence-electron chi connectivity index (χ0n) is 14.0. The number of aromatic amines is 1. The first kappa shape index (κ1) is 15.7. The highest BCUT2D eigenvalue weighted by Crippen LogP contribution is 2.25. The molecule has 1 aliphatic heterocycles. The summed E-state index contributed by atoms with van der Waals surface area (Å²) in [4.78, 5) is 17.2. The van der Waals surface area contributed by atoms with Gasteiger partial charge in [-0.25, -0.2) is 9.67 Å². The van der Waals surface area contributed by atoms with Crippen LogP contribution in [-0.2, 0) is 13.0 Å². The Morgan fingerprint density at radius 1 is 1.24 bits per heavy atom. The Hall–Kier alpha value is -2.86. The van der Waals surface area contributed by atoms with E-state index in [0.717, 1.165) is 30.0 Å². The fourth-order valence-corrected chi connectivity index (χ4v) is 3.39. The minimum absolute atomic E-state index is 0.00582. The number of hydrogen-bond acceptors (Lipinski definition) is 4. The second-order valence-electron chi connectivity index (χ2n) is 6.21. The summed E-state index contributed by atoms with van der Waals surface area (Å²) in [5, 5.41) is 6.61. The number of rotatable bonds is 4. The SMILES string of the molecule is COc1ccc(CC2CNCc3[nH]n(-c4ccccn4)c(=O)c32)cc1. The number of fused-ring (bicyclic) bond motifs is 1. The van der Waals surface area contributed by atoms with Crippen molar-refractivity contribution in [2.45, 2.75) is 18.9 Å². The molecule has 1 aliphatic rings. The first-order chi connectivity index (χ1) is 12.3. The average Bonchev–Trinajstić information content (AvgIpc) is 3.01. The van der Waals surface area contributed by atoms with E-state index < -0.39 is 0 Å². The Morgan fingerprint density at radius 2 is 2.08 bits per heavy atom. The molecule has 0 amide bonds. The number of benzene rings is 1. The van der Waals surface area contributed by atoms with Gasteiger partial charge in [0.25, 0.3) is 5.56 Å². The molecule has 6 heteroatoms. The molecule has 128 valence electrons. The minimum atomic E-state index is -0.00582. The van der Waals surface area contributed by atoms with E-state index >= 15 is 0 Å². The highest BCUT2D eigenvalue weighted by atomic mass is 16.5. The summed E-state index contributed by atoms with van der Waals surface area (Å²) in [5.74, 6) is 1.58. The van der Waals surface area contributed by atoms with Crippen LogP contribution in [0, 0.1) is 0 Å². The van der Waals surface area contributed by atoms with Crippen LogP contribution in [0.3, 0.4) is 0 Å². The fourth-order valence-electron chi connectivity index (χ4n) is 3.39. The van der Waals surface area contributed by atoms with Crippen molar-refractivity contribution < 1.29 is 4.74 Å². The van der Waals surface area contributed by atoms with Crippen LogP contribution in [0.15, 0.2) is 53.5 Å². The van der Waals surface area contributed by atoms with Gasteiger partial charge in [0.1, 0.15) is 5.75 Å². The van der Waals surface area contributed by atoms with E-state index in [1.165, 1.54) is 5.56 Å². The highest BCUT2D eigenvalue weighted by Gasteiger charge is 2.27. The van der Waals surface area contributed by atoms with E-state index in [1.54, 1.807) is 18.0 Å². The van der Waals surface area contributed by atoms with Crippen LogP contribution >= 0.6 is 0 Å². The molecule has 0 fully saturated rings. The van der Waals surface area contributed by atoms with Crippen LogP contribution in [0.2, 0.25) is 0 Å². The maximum atomic E-state index is 13.0. The molecule has 0 saturated heterocycles. The van der Waals surface area contributed by atoms with E-state index in [1.807, 2.05) is 30.3 Å². The largest absolute Gasteiger partial charge is 0.497 e. The van der Waals surface area contributed by atoms with Gasteiger partial charge in [0.15, 0.2) is 5.82 Å². The van der Waals surface area contributed by atoms with Gasteiger partial charge in [0, 0.05) is 30.8 Å². The molecule has 1 aromatic carbocycles. The molecular formula is C19H20N4O2. The van der Waals surface area contributed by atoms with Crippen LogP contribution in [0.4, 0.5) is 0 Å². The third-order valence-corrected chi connectivity index (χ3v) is 4.63. The van der Waals surface area contributed by atoms with Crippen molar-refractivity contribution in [3.63, 3.8) is 0 Å². The third-order valence-electron chi connectivity index (χ3n) is 4.63. The molecule has 6 nitrogen and oxygen atoms in total. The zero-order chi connectivity index (χ0) is 17.2. The summed E-state index contributed by atoms with van der Waals surface area (Å²) in [6, 6.07) is 13.6. The summed E-state index contributed by atoms with van der Waals surface area (Å²) in [6.07, 6.45) is 2.49. The molecule has 3 heterocycles. The van der Waals surface area contributed by atoms with Crippen LogP contribution in [0.5, 0.6) is 5.75 Å². The van der Waals surface area contributed by atoms with Gasteiger partial charge in [-0.15, -0.1) is 0 Å². The summed E-state index contributed by atoms with van der Waals surface area (Å²) >= 11 is 0. The van der Waals surface area contributed by atoms with E-state index in [2.05, 4.69) is 27.5 Å². The molecule has 2 N–H and O–H groups in total. The Balaban J connectivity index is 1.67. The smallest absolute Gasteiger partial charge is 0.276 e. The number of pyridine rings is 1. The molecule has 0 aliphatic carbocycles. The summed E-state index contributed by atoms with van der Waals surface area (Å²) in [6.45, 7) is 1.46. The second-order valence-corrected chi connectivity index (χ2v) is 6.21. The van der Waals surface area contributed by atoms with Gasteiger partial charge in [-0.3, -0.25) is 9.89 Å². The quantitative estimate of drug-likeness (QED) is 0.764. The molecule has 1 unspecified atom stereocenters. The van der Waals surface area contributed by atoms with E-state index in [0.29, 0.717) is 12.4 Å². The average molecular weight is 336 g/mol. The first-order valence-corrected chi connectivity index (χ1v) is 8.35. The molecule has 2 aromatic heterocycles. The van der Waals surface area contributed by atoms with Crippen molar-refractivity contribution >= 4 is 0 Å². The normalized spacial score (nSPS) is 16.4. The van der Waals surface area contributed by atoms with Crippen molar-refractivity contribution in [3.8, 4) is 11.6 Å². The predicted molar refractivity (Wildman–Crippen MR) is 95.3 cm³/mol. The highest BCUT2D eigenvalue weighted by molar-refractivity contribution is 5.34. The summed E-state index contributed by atoms with van der Waals surface area (Å²) in [5.41, 5.74) is 2.99. The Labute approximate surface area is 145 Å². The summed E-state index contributed by atoms with van der Waals surface area (Å²) in [7, 11) is 1.66. The maximum absolute atomic E-state index is 13.0. The molecule has 0 spiro atoms. The van der Waals surface area contributed by atoms with Crippen molar-refractivity contribution in [1.82, 2.24) is 20.1 Å². The number of hydrogen-bond donors (Lipinski definition) is 2. The number of ether oxygens (including phenoxy) is 1. The van der Waals surface area contributed by atoms with Crippen LogP contribution < -0.4 is 15.6 Å². The maximum Gasteiger partial charge on any atom is 0.276 e. The number of H-pyrrole nitrogens is 1. The van der Waals surface area contributed by atoms with E-state index in [4.69, 9.17) is 4.74 Å². The first-order valence-electron chi connectivity index (χ1n) is 8.35. The van der Waals surface area contributed by atoms with Crippen LogP contribution in [0.25, 0.3) is 5.82 Å². The van der Waals surface area contributed by atoms with Gasteiger partial charge in [0.2, 0.25) is 0 Å². The van der Waals surface area contributed by atoms with Gasteiger partial charge in [-0.05, 0) is 36.2 Å². The lowest BCUT2D eigenvalue weighted by atomic mass is 9.89. The molecule has 0 radical (unpaired) electrons. The lowest BCUT2D eigenvalue weighted by molar-refractivity contribution is 0.414. The molecular weight excluding hydrogens is 316 g/mol. The van der Waals surface area contributed by atoms with Gasteiger partial charge in [-0.1, -0.05) is 18.2 Å². The second kappa shape index (κ2) is 6.57. The summed E-state index contributed by atoms with van der Waals surface area (Å²) < 4.78 is 6.75. The van der Waals surface area contributed by atoms with E-state index in [9.17, 15) is 4.79 Å². The number of methoxy groups -OCH3 is 1. The number of nitrogens with zero attached hydrogens (tertiary/aromatic N) is 2. The Bertz CT molecular complexity index is 913. The van der Waals surface area contributed by atoms with Crippen molar-refractivity contribution in [3.05, 3.63) is 75.8 Å². The molecule has 3 aromatic rings. The van der Waals surface area contributed by atoms with Crippen LogP contribution in [0.1, 0.15) is 22.7 Å². The molecule has 0 bridgehead atoms. The molecule has 1 atom stereocenters. The van der Waals surface area contributed by atoms with E-state index in [-0.39, 0.29) is 11.5 Å². The molecule has 4 rings (SSSR count). The van der Waals surface area contributed by atoms with Gasteiger partial charge >= 0.3 is 0 Å². The molecule has 25 heavy (non-hydrogen) atoms. The number of aromatic nitrogens is 3. The monoisotopic (exact) mass is 336 g/mol. The van der Waals surface area contributed by atoms with Crippen molar-refractivity contribution in [2.75, 3.05) is 13.7 Å². The van der Waals surface area contributed by atoms with Crippen LogP contribution in [-0.4, -0.2) is 28.4 Å². The van der Waals surface area contributed by atoms with Gasteiger partial charge in [0.05, 0.1) is 12.8 Å². The standard InChI is InChI=1S/C19H20N4O2/c1-25-15-7-5-13(6-8-15)10-14-11-20-12-16-18(14)19(24)23(22-16)17-4-2-3-9-21-17/h2-9,14,20,22H,10-12H2,1H3. The third kappa shape index (κ3) is 2.96. The van der Waals surface area contributed by atoms with Crippen molar-refractivity contribution in [2.24, 2.45) is 0 Å². The predicted octanol–water partition coefficient (Wildman–Crippen LogP) is 2.00. The fraction of sp³-hybridized carbons (Fsp3) is 0.263. The molecule has 0 saturated carbocycles. The Morgan fingerprint density at radius 3 is 2.80 bits per heavy atom. The topological polar surface area (TPSA) is 71.9 Å². The lowest BCUT2D eigenvalue weighted by Gasteiger charge is -2.22. The van der Waals surface area contributed by atoms with Crippen molar-refractivity contribution in [1.29, 1.82) is 0 Å². The minimum Gasteiger partial charge on any atom is -0.497 e. The van der Waals surface area contributed by atoms with Gasteiger partial charge < -0.3 is 10.1 Å².